The Bertz CT molecular complexity index is 765. The van der Waals surface area contributed by atoms with E-state index in [9.17, 15) is 4.79 Å². The number of hydrogen-bond acceptors (Lipinski definition) is 6. The summed E-state index contributed by atoms with van der Waals surface area (Å²) in [5.74, 6) is 1.59. The predicted molar refractivity (Wildman–Crippen MR) is 104 cm³/mol. The lowest BCUT2D eigenvalue weighted by atomic mass is 10.1. The van der Waals surface area contributed by atoms with Crippen LogP contribution in [0.1, 0.15) is 5.56 Å². The van der Waals surface area contributed by atoms with Gasteiger partial charge < -0.3 is 14.4 Å². The molecular weight excluding hydrogens is 350 g/mol. The standard InChI is InChI=1S/C19H21N3O3S/c1-22(17-5-3-4-10-20-17)11-12-25-15-8-6-14(7-9-15)13-16-18(23)21-19(24-2)26-16/h3-10,16H,11-13H2,1-2H3. The van der Waals surface area contributed by atoms with Gasteiger partial charge in [-0.2, -0.15) is 4.99 Å². The van der Waals surface area contributed by atoms with Gasteiger partial charge in [0.1, 0.15) is 18.2 Å². The van der Waals surface area contributed by atoms with E-state index in [1.54, 1.807) is 6.20 Å². The van der Waals surface area contributed by atoms with Gasteiger partial charge in [-0.25, -0.2) is 4.98 Å². The highest BCUT2D eigenvalue weighted by atomic mass is 32.2. The molecule has 1 atom stereocenters. The fourth-order valence-corrected chi connectivity index (χ4v) is 3.43. The SMILES string of the molecule is COC1=NC(=O)C(Cc2ccc(OCCN(C)c3ccccn3)cc2)S1. The van der Waals surface area contributed by atoms with Crippen LogP contribution in [-0.4, -0.2) is 48.7 Å². The molecule has 2 heterocycles. The summed E-state index contributed by atoms with van der Waals surface area (Å²) in [7, 11) is 3.51. The maximum absolute atomic E-state index is 11.8. The van der Waals surface area contributed by atoms with E-state index >= 15 is 0 Å². The number of methoxy groups -OCH3 is 1. The number of ether oxygens (including phenoxy) is 2. The van der Waals surface area contributed by atoms with Crippen LogP contribution in [0.3, 0.4) is 0 Å². The van der Waals surface area contributed by atoms with Crippen molar-refractivity contribution >= 4 is 28.7 Å². The van der Waals surface area contributed by atoms with Gasteiger partial charge in [-0.3, -0.25) is 4.79 Å². The van der Waals surface area contributed by atoms with E-state index in [1.165, 1.54) is 18.9 Å². The Labute approximate surface area is 157 Å². The molecule has 2 aromatic rings. The van der Waals surface area contributed by atoms with Gasteiger partial charge in [-0.15, -0.1) is 0 Å². The van der Waals surface area contributed by atoms with Crippen molar-refractivity contribution in [2.24, 2.45) is 4.99 Å². The van der Waals surface area contributed by atoms with Crippen LogP contribution < -0.4 is 9.64 Å². The summed E-state index contributed by atoms with van der Waals surface area (Å²) >= 11 is 1.37. The molecule has 1 aliphatic rings. The number of aliphatic imine (C=N–C) groups is 1. The van der Waals surface area contributed by atoms with Crippen LogP contribution in [0.5, 0.6) is 5.75 Å². The molecule has 0 fully saturated rings. The summed E-state index contributed by atoms with van der Waals surface area (Å²) in [4.78, 5) is 22.0. The molecule has 3 rings (SSSR count). The van der Waals surface area contributed by atoms with Gasteiger partial charge in [-0.05, 0) is 36.2 Å². The molecule has 0 saturated carbocycles. The average Bonchev–Trinajstić information content (AvgIpc) is 3.03. The van der Waals surface area contributed by atoms with E-state index < -0.39 is 0 Å². The number of carbonyl (C=O) groups is 1. The zero-order valence-corrected chi connectivity index (χ0v) is 15.6. The molecule has 0 aliphatic carbocycles. The number of carbonyl (C=O) groups excluding carboxylic acids is 1. The first kappa shape index (κ1) is 18.3. The van der Waals surface area contributed by atoms with Crippen molar-refractivity contribution in [3.63, 3.8) is 0 Å². The zero-order chi connectivity index (χ0) is 18.4. The molecule has 26 heavy (non-hydrogen) atoms. The van der Waals surface area contributed by atoms with Crippen molar-refractivity contribution in [2.75, 3.05) is 32.2 Å². The number of thioether (sulfide) groups is 1. The Hall–Kier alpha value is -2.54. The summed E-state index contributed by atoms with van der Waals surface area (Å²) in [5.41, 5.74) is 1.07. The van der Waals surface area contributed by atoms with Crippen LogP contribution in [0.15, 0.2) is 53.7 Å². The highest BCUT2D eigenvalue weighted by Crippen LogP contribution is 2.26. The molecule has 6 nitrogen and oxygen atoms in total. The lowest BCUT2D eigenvalue weighted by Crippen LogP contribution is -2.24. The summed E-state index contributed by atoms with van der Waals surface area (Å²) in [6.07, 6.45) is 2.40. The largest absolute Gasteiger partial charge is 0.492 e. The van der Waals surface area contributed by atoms with Gasteiger partial charge in [0.2, 0.25) is 0 Å². The predicted octanol–water partition coefficient (Wildman–Crippen LogP) is 2.78. The summed E-state index contributed by atoms with van der Waals surface area (Å²) in [6, 6.07) is 13.7. The fourth-order valence-electron chi connectivity index (χ4n) is 2.51. The van der Waals surface area contributed by atoms with Crippen molar-refractivity contribution in [2.45, 2.75) is 11.7 Å². The number of nitrogens with zero attached hydrogens (tertiary/aromatic N) is 3. The number of benzene rings is 1. The van der Waals surface area contributed by atoms with E-state index in [0.29, 0.717) is 18.3 Å². The van der Waals surface area contributed by atoms with Crippen molar-refractivity contribution in [1.29, 1.82) is 0 Å². The Kier molecular flexibility index (Phi) is 6.12. The Balaban J connectivity index is 1.45. The van der Waals surface area contributed by atoms with Crippen LogP contribution in [0.2, 0.25) is 0 Å². The zero-order valence-electron chi connectivity index (χ0n) is 14.8. The third kappa shape index (κ3) is 4.76. The molecule has 0 radical (unpaired) electrons. The molecule has 136 valence electrons. The minimum atomic E-state index is -0.205. The molecule has 0 N–H and O–H groups in total. The van der Waals surface area contributed by atoms with Gasteiger partial charge in [-0.1, -0.05) is 30.0 Å². The van der Waals surface area contributed by atoms with E-state index in [2.05, 4.69) is 9.98 Å². The lowest BCUT2D eigenvalue weighted by molar-refractivity contribution is -0.117. The topological polar surface area (TPSA) is 64.0 Å². The second-order valence-corrected chi connectivity index (χ2v) is 6.99. The quantitative estimate of drug-likeness (QED) is 0.746. The highest BCUT2D eigenvalue weighted by molar-refractivity contribution is 8.15. The molecule has 7 heteroatoms. The number of likely N-dealkylation sites (N-methyl/N-ethyl adjacent to an activating group) is 1. The monoisotopic (exact) mass is 371 g/mol. The molecule has 0 saturated heterocycles. The Morgan fingerprint density at radius 2 is 2.00 bits per heavy atom. The first-order valence-corrected chi connectivity index (χ1v) is 9.21. The van der Waals surface area contributed by atoms with E-state index in [4.69, 9.17) is 9.47 Å². The van der Waals surface area contributed by atoms with Crippen LogP contribution in [-0.2, 0) is 16.0 Å². The molecule has 1 unspecified atom stereocenters. The van der Waals surface area contributed by atoms with Gasteiger partial charge in [0.05, 0.1) is 18.9 Å². The molecule has 0 bridgehead atoms. The molecule has 1 aliphatic heterocycles. The summed E-state index contributed by atoms with van der Waals surface area (Å²) in [5, 5.41) is 0.237. The maximum atomic E-state index is 11.8. The van der Waals surface area contributed by atoms with E-state index in [1.807, 2.05) is 54.4 Å². The third-order valence-electron chi connectivity index (χ3n) is 3.97. The van der Waals surface area contributed by atoms with Gasteiger partial charge in [0.15, 0.2) is 0 Å². The smallest absolute Gasteiger partial charge is 0.263 e. The summed E-state index contributed by atoms with van der Waals surface area (Å²) in [6.45, 7) is 1.30. The fraction of sp³-hybridized carbons (Fsp3) is 0.316. The molecule has 1 amide bonds. The number of aromatic nitrogens is 1. The number of hydrogen-bond donors (Lipinski definition) is 0. The number of pyridine rings is 1. The van der Waals surface area contributed by atoms with Crippen LogP contribution in [0.25, 0.3) is 0 Å². The molecule has 1 aromatic heterocycles. The van der Waals surface area contributed by atoms with Gasteiger partial charge in [0.25, 0.3) is 11.1 Å². The van der Waals surface area contributed by atoms with E-state index in [0.717, 1.165) is 23.7 Å². The normalized spacial score (nSPS) is 16.3. The first-order chi connectivity index (χ1) is 12.7. The molecule has 1 aromatic carbocycles. The van der Waals surface area contributed by atoms with Gasteiger partial charge >= 0.3 is 0 Å². The average molecular weight is 371 g/mol. The minimum Gasteiger partial charge on any atom is -0.492 e. The van der Waals surface area contributed by atoms with E-state index in [-0.39, 0.29) is 11.2 Å². The Morgan fingerprint density at radius 1 is 1.19 bits per heavy atom. The van der Waals surface area contributed by atoms with Gasteiger partial charge in [0, 0.05) is 13.2 Å². The van der Waals surface area contributed by atoms with Crippen LogP contribution >= 0.6 is 11.8 Å². The highest BCUT2D eigenvalue weighted by Gasteiger charge is 2.29. The minimum absolute atomic E-state index is 0.135. The van der Waals surface area contributed by atoms with Crippen molar-refractivity contribution < 1.29 is 14.3 Å². The Morgan fingerprint density at radius 3 is 2.65 bits per heavy atom. The molecular formula is C19H21N3O3S. The number of anilines is 1. The van der Waals surface area contributed by atoms with Crippen LogP contribution in [0.4, 0.5) is 5.82 Å². The van der Waals surface area contributed by atoms with Crippen molar-refractivity contribution in [3.8, 4) is 5.75 Å². The second-order valence-electron chi connectivity index (χ2n) is 5.83. The number of amides is 1. The molecule has 0 spiro atoms. The summed E-state index contributed by atoms with van der Waals surface area (Å²) < 4.78 is 10.8. The maximum Gasteiger partial charge on any atom is 0.263 e. The van der Waals surface area contributed by atoms with Crippen molar-refractivity contribution in [3.05, 3.63) is 54.2 Å². The van der Waals surface area contributed by atoms with Crippen LogP contribution in [0, 0.1) is 0 Å². The lowest BCUT2D eigenvalue weighted by Gasteiger charge is -2.18. The van der Waals surface area contributed by atoms with Crippen molar-refractivity contribution in [1.82, 2.24) is 4.98 Å². The first-order valence-electron chi connectivity index (χ1n) is 8.33. The second kappa shape index (κ2) is 8.71. The third-order valence-corrected chi connectivity index (χ3v) is 5.09. The number of rotatable bonds is 7.